The van der Waals surface area contributed by atoms with Crippen LogP contribution in [0.1, 0.15) is 115 Å². The van der Waals surface area contributed by atoms with E-state index in [2.05, 4.69) is 16.0 Å². The molecule has 3 aromatic carbocycles. The largest absolute Gasteiger partial charge is 0.493 e. The molecule has 1 aromatic heterocycles. The van der Waals surface area contributed by atoms with E-state index in [1.807, 2.05) is 81.5 Å². The minimum absolute atomic E-state index is 0.131. The summed E-state index contributed by atoms with van der Waals surface area (Å²) in [4.78, 5) is 78.4. The number of carbonyl (C=O) groups excluding carboxylic acids is 3. The zero-order chi connectivity index (χ0) is 50.5. The van der Waals surface area contributed by atoms with E-state index in [1.54, 1.807) is 36.4 Å². The van der Waals surface area contributed by atoms with E-state index in [0.29, 0.717) is 119 Å². The quantitative estimate of drug-likeness (QED) is 0.0438. The van der Waals surface area contributed by atoms with Gasteiger partial charge in [0, 0.05) is 39.3 Å². The summed E-state index contributed by atoms with van der Waals surface area (Å²) in [7, 11) is 3.01. The molecule has 4 aromatic rings. The van der Waals surface area contributed by atoms with Crippen LogP contribution in [0.5, 0.6) is 28.7 Å². The number of benzene rings is 3. The Bertz CT molecular complexity index is 2430. The average Bonchev–Trinajstić information content (AvgIpc) is 3.35. The molecule has 0 aliphatic heterocycles. The van der Waals surface area contributed by atoms with Gasteiger partial charge in [0.05, 0.1) is 14.2 Å². The van der Waals surface area contributed by atoms with Crippen LogP contribution in [0.4, 0.5) is 14.4 Å². The molecule has 0 atom stereocenters. The Hall–Kier alpha value is -7.30. The van der Waals surface area contributed by atoms with Crippen molar-refractivity contribution in [2.45, 2.75) is 117 Å². The second kappa shape index (κ2) is 31.0. The predicted octanol–water partition coefficient (Wildman–Crippen LogP) is 9.34. The first-order valence-electron chi connectivity index (χ1n) is 24.2. The van der Waals surface area contributed by atoms with Crippen LogP contribution in [0, 0.1) is 0 Å². The van der Waals surface area contributed by atoms with Crippen molar-refractivity contribution in [2.24, 2.45) is 0 Å². The molecule has 0 fully saturated rings. The second-order valence-corrected chi connectivity index (χ2v) is 16.4. The smallest absolute Gasteiger partial charge is 0.412 e. The third-order valence-electron chi connectivity index (χ3n) is 11.1. The van der Waals surface area contributed by atoms with Crippen LogP contribution in [-0.4, -0.2) is 65.8 Å². The zero-order valence-corrected chi connectivity index (χ0v) is 41.3. The third-order valence-corrected chi connectivity index (χ3v) is 11.1. The number of ether oxygens (including phenoxy) is 5. The molecule has 17 heteroatoms. The van der Waals surface area contributed by atoms with Crippen molar-refractivity contribution in [3.63, 3.8) is 0 Å². The maximum absolute atomic E-state index is 13.7. The molecule has 0 spiro atoms. The van der Waals surface area contributed by atoms with Crippen LogP contribution in [0.15, 0.2) is 93.3 Å². The van der Waals surface area contributed by atoms with Crippen molar-refractivity contribution in [1.82, 2.24) is 29.7 Å². The van der Waals surface area contributed by atoms with E-state index in [9.17, 15) is 28.8 Å². The highest BCUT2D eigenvalue weighted by Gasteiger charge is 2.16. The molecule has 3 N–H and O–H groups in total. The number of nitrogens with zero attached hydrogens (tertiary/aromatic N) is 3. The Balaban J connectivity index is 1.26. The minimum atomic E-state index is -0.643. The number of nitrogens with one attached hydrogen (secondary N) is 3. The number of hydrogen-bond acceptors (Lipinski definition) is 11. The third kappa shape index (κ3) is 18.7. The van der Waals surface area contributed by atoms with Crippen LogP contribution in [0.2, 0.25) is 0 Å². The Morgan fingerprint density at radius 2 is 0.757 bits per heavy atom. The molecule has 0 aliphatic rings. The predicted molar refractivity (Wildman–Crippen MR) is 273 cm³/mol. The monoisotopic (exact) mass is 967 g/mol. The summed E-state index contributed by atoms with van der Waals surface area (Å²) in [6.45, 7) is 7.27. The maximum atomic E-state index is 13.7. The van der Waals surface area contributed by atoms with Gasteiger partial charge >= 0.3 is 35.3 Å². The average molecular weight is 967 g/mol. The summed E-state index contributed by atoms with van der Waals surface area (Å²) in [6.07, 6.45) is 17.4. The van der Waals surface area contributed by atoms with Gasteiger partial charge in [-0.05, 0) is 112 Å². The van der Waals surface area contributed by atoms with E-state index >= 15 is 0 Å². The molecule has 3 amide bonds. The van der Waals surface area contributed by atoms with Gasteiger partial charge in [-0.2, -0.15) is 0 Å². The van der Waals surface area contributed by atoms with Crippen molar-refractivity contribution in [2.75, 3.05) is 33.9 Å². The summed E-state index contributed by atoms with van der Waals surface area (Å²) >= 11 is 0. The molecular weight excluding hydrogens is 897 g/mol. The Morgan fingerprint density at radius 3 is 1.11 bits per heavy atom. The fraction of sp³-hybridized carbons (Fsp3) is 0.434. The molecule has 70 heavy (non-hydrogen) atoms. The standard InChI is InChI=1S/C53H70N6O11/c1-6-21-40-24-28-43(29-25-40)68-48(60)54-32-15-9-12-18-35-57-51(63)58(36-19-13-10-16-33-55-49(61)69-44-30-26-41(22-7-2)38-46(44)66-4)53(65)59(52(57)64)37-20-14-11-17-34-56-50(62)70-45-31-27-42(23-8-3)39-47(45)67-5/h6-8,21-31,38-39H,9-20,32-37H2,1-5H3,(H,54,60)(H,55,61)(H,56,62)/b21-6+,22-7+,23-8+. The summed E-state index contributed by atoms with van der Waals surface area (Å²) in [5, 5.41) is 8.25. The van der Waals surface area contributed by atoms with Crippen molar-refractivity contribution in [1.29, 1.82) is 0 Å². The fourth-order valence-electron chi connectivity index (χ4n) is 7.46. The number of unbranched alkanes of at least 4 members (excludes halogenated alkanes) is 9. The first-order chi connectivity index (χ1) is 34.0. The van der Waals surface area contributed by atoms with E-state index < -0.39 is 35.3 Å². The summed E-state index contributed by atoms with van der Waals surface area (Å²) in [6, 6.07) is 17.7. The topological polar surface area (TPSA) is 199 Å². The maximum Gasteiger partial charge on any atom is 0.412 e. The molecule has 0 bridgehead atoms. The number of hydrogen-bond donors (Lipinski definition) is 3. The molecule has 17 nitrogen and oxygen atoms in total. The van der Waals surface area contributed by atoms with Gasteiger partial charge in [0.2, 0.25) is 0 Å². The number of rotatable bonds is 29. The summed E-state index contributed by atoms with van der Waals surface area (Å²) < 4.78 is 30.4. The highest BCUT2D eigenvalue weighted by molar-refractivity contribution is 5.73. The van der Waals surface area contributed by atoms with E-state index in [4.69, 9.17) is 23.7 Å². The molecule has 0 saturated heterocycles. The molecule has 1 heterocycles. The van der Waals surface area contributed by atoms with E-state index in [-0.39, 0.29) is 19.6 Å². The van der Waals surface area contributed by atoms with Crippen molar-refractivity contribution < 1.29 is 38.1 Å². The van der Waals surface area contributed by atoms with Crippen molar-refractivity contribution in [3.8, 4) is 28.7 Å². The molecule has 4 rings (SSSR count). The number of methoxy groups -OCH3 is 2. The van der Waals surface area contributed by atoms with Gasteiger partial charge < -0.3 is 39.6 Å². The Kier molecular flexibility index (Phi) is 24.5. The van der Waals surface area contributed by atoms with Gasteiger partial charge in [0.15, 0.2) is 23.0 Å². The van der Waals surface area contributed by atoms with Gasteiger partial charge in [0.1, 0.15) is 5.75 Å². The molecule has 0 aliphatic carbocycles. The normalized spacial score (nSPS) is 11.3. The SMILES string of the molecule is C/C=C/c1ccc(OC(=O)NCCCCCCn2c(=O)n(CCCCCCNC(=O)Oc3ccc(/C=C/C)cc3OC)c(=O)n(CCCCCCNC(=O)Oc3ccc(/C=C/C)cc3OC)c2=O)cc1. The summed E-state index contributed by atoms with van der Waals surface area (Å²) in [5.74, 6) is 1.92. The Morgan fingerprint density at radius 1 is 0.429 bits per heavy atom. The lowest BCUT2D eigenvalue weighted by atomic mass is 10.2. The lowest BCUT2D eigenvalue weighted by Gasteiger charge is -2.14. The van der Waals surface area contributed by atoms with E-state index in [0.717, 1.165) is 36.8 Å². The van der Waals surface area contributed by atoms with Crippen LogP contribution < -0.4 is 56.7 Å². The second-order valence-electron chi connectivity index (χ2n) is 16.4. The minimum Gasteiger partial charge on any atom is -0.493 e. The van der Waals surface area contributed by atoms with Crippen molar-refractivity contribution in [3.05, 3.63) is 127 Å². The highest BCUT2D eigenvalue weighted by Crippen LogP contribution is 2.30. The van der Waals surface area contributed by atoms with Crippen LogP contribution in [0.3, 0.4) is 0 Å². The molecule has 378 valence electrons. The summed E-state index contributed by atoms with van der Waals surface area (Å²) in [5.41, 5.74) is 0.903. The van der Waals surface area contributed by atoms with Crippen LogP contribution in [-0.2, 0) is 19.6 Å². The molecule has 0 radical (unpaired) electrons. The number of aromatic nitrogens is 3. The van der Waals surface area contributed by atoms with Gasteiger partial charge in [0.25, 0.3) is 0 Å². The van der Waals surface area contributed by atoms with Gasteiger partial charge in [-0.25, -0.2) is 42.5 Å². The van der Waals surface area contributed by atoms with Gasteiger partial charge in [-0.15, -0.1) is 0 Å². The van der Waals surface area contributed by atoms with Crippen LogP contribution in [0.25, 0.3) is 18.2 Å². The molecular formula is C53H70N6O11. The first-order valence-corrected chi connectivity index (χ1v) is 24.2. The van der Waals surface area contributed by atoms with Crippen molar-refractivity contribution >= 4 is 36.5 Å². The molecule has 0 saturated carbocycles. The van der Waals surface area contributed by atoms with Gasteiger partial charge in [-0.1, -0.05) is 99.2 Å². The zero-order valence-electron chi connectivity index (χ0n) is 41.3. The lowest BCUT2D eigenvalue weighted by Crippen LogP contribution is -2.54. The molecule has 0 unspecified atom stereocenters. The number of carbonyl (C=O) groups is 3. The van der Waals surface area contributed by atoms with Gasteiger partial charge in [-0.3, -0.25) is 0 Å². The lowest BCUT2D eigenvalue weighted by molar-refractivity contribution is 0.197. The first kappa shape index (κ1) is 55.3. The fourth-order valence-corrected chi connectivity index (χ4v) is 7.46. The highest BCUT2D eigenvalue weighted by atomic mass is 16.6. The van der Waals surface area contributed by atoms with E-state index in [1.165, 1.54) is 14.2 Å². The van der Waals surface area contributed by atoms with Crippen LogP contribution >= 0.6 is 0 Å². The number of allylic oxidation sites excluding steroid dienone is 3. The Labute approximate surface area is 410 Å². The number of amides is 3.